The van der Waals surface area contributed by atoms with Gasteiger partial charge in [-0.05, 0) is 29.0 Å². The molecular weight excluding hydrogens is 352 g/mol. The van der Waals surface area contributed by atoms with Crippen molar-refractivity contribution in [2.45, 2.75) is 13.5 Å². The summed E-state index contributed by atoms with van der Waals surface area (Å²) >= 11 is 0. The number of aromatic nitrogens is 2. The van der Waals surface area contributed by atoms with Crippen LogP contribution in [0.4, 0.5) is 0 Å². The Balaban J connectivity index is 1.46. The summed E-state index contributed by atoms with van der Waals surface area (Å²) in [5, 5.41) is 16.1. The van der Waals surface area contributed by atoms with Crippen LogP contribution in [0.5, 0.6) is 5.75 Å². The van der Waals surface area contributed by atoms with E-state index in [0.29, 0.717) is 12.1 Å². The van der Waals surface area contributed by atoms with Crippen LogP contribution < -0.4 is 5.43 Å². The van der Waals surface area contributed by atoms with Gasteiger partial charge in [-0.15, -0.1) is 0 Å². The molecule has 2 N–H and O–H groups in total. The van der Waals surface area contributed by atoms with Crippen LogP contribution in [0.2, 0.25) is 0 Å². The zero-order valence-corrected chi connectivity index (χ0v) is 15.4. The maximum atomic E-state index is 12.4. The van der Waals surface area contributed by atoms with Gasteiger partial charge in [0.05, 0.1) is 29.5 Å². The SMILES string of the molecule is CC(Cn1cnc2ccccc21)C(=O)NN=Cc1c(O)ccc2ccccc12. The highest BCUT2D eigenvalue weighted by atomic mass is 16.3. The van der Waals surface area contributed by atoms with E-state index in [9.17, 15) is 9.90 Å². The summed E-state index contributed by atoms with van der Waals surface area (Å²) in [7, 11) is 0. The van der Waals surface area contributed by atoms with Gasteiger partial charge in [0.25, 0.3) is 0 Å². The molecule has 3 aromatic carbocycles. The molecule has 1 unspecified atom stereocenters. The zero-order valence-electron chi connectivity index (χ0n) is 15.4. The van der Waals surface area contributed by atoms with E-state index in [1.165, 1.54) is 6.21 Å². The minimum atomic E-state index is -0.295. The number of carbonyl (C=O) groups is 1. The largest absolute Gasteiger partial charge is 0.507 e. The highest BCUT2D eigenvalue weighted by Crippen LogP contribution is 2.25. The van der Waals surface area contributed by atoms with Gasteiger partial charge in [0.1, 0.15) is 5.75 Å². The van der Waals surface area contributed by atoms with Crippen LogP contribution in [0.3, 0.4) is 0 Å². The van der Waals surface area contributed by atoms with Crippen molar-refractivity contribution in [3.05, 3.63) is 72.6 Å². The van der Waals surface area contributed by atoms with Crippen molar-refractivity contribution in [3.63, 3.8) is 0 Å². The predicted molar refractivity (Wildman–Crippen MR) is 110 cm³/mol. The maximum absolute atomic E-state index is 12.4. The lowest BCUT2D eigenvalue weighted by atomic mass is 10.0. The summed E-state index contributed by atoms with van der Waals surface area (Å²) in [6, 6.07) is 19.0. The van der Waals surface area contributed by atoms with E-state index >= 15 is 0 Å². The Morgan fingerprint density at radius 1 is 1.18 bits per heavy atom. The number of aromatic hydroxyl groups is 1. The molecule has 1 amide bonds. The van der Waals surface area contributed by atoms with Gasteiger partial charge in [-0.2, -0.15) is 5.10 Å². The Morgan fingerprint density at radius 2 is 1.96 bits per heavy atom. The predicted octanol–water partition coefficient (Wildman–Crippen LogP) is 3.68. The summed E-state index contributed by atoms with van der Waals surface area (Å²) < 4.78 is 1.96. The van der Waals surface area contributed by atoms with Crippen molar-refractivity contribution >= 4 is 33.9 Å². The first kappa shape index (κ1) is 17.7. The Bertz CT molecular complexity index is 1180. The van der Waals surface area contributed by atoms with Gasteiger partial charge in [0.15, 0.2) is 0 Å². The highest BCUT2D eigenvalue weighted by Gasteiger charge is 2.14. The standard InChI is InChI=1S/C22H20N4O2/c1-15(13-26-14-23-19-8-4-5-9-20(19)26)22(28)25-24-12-18-17-7-3-2-6-16(17)10-11-21(18)27/h2-12,14-15,27H,13H2,1H3,(H,25,28). The third-order valence-electron chi connectivity index (χ3n) is 4.76. The van der Waals surface area contributed by atoms with E-state index < -0.39 is 0 Å². The average Bonchev–Trinajstić information content (AvgIpc) is 3.12. The monoisotopic (exact) mass is 372 g/mol. The molecule has 28 heavy (non-hydrogen) atoms. The second-order valence-electron chi connectivity index (χ2n) is 6.74. The van der Waals surface area contributed by atoms with Crippen LogP contribution in [0, 0.1) is 5.92 Å². The van der Waals surface area contributed by atoms with Crippen molar-refractivity contribution in [1.29, 1.82) is 0 Å². The number of phenolic OH excluding ortho intramolecular Hbond substituents is 1. The van der Waals surface area contributed by atoms with Crippen LogP contribution in [0.15, 0.2) is 72.1 Å². The van der Waals surface area contributed by atoms with Crippen LogP contribution in [0.1, 0.15) is 12.5 Å². The normalized spacial score (nSPS) is 12.6. The number of amides is 1. The Hall–Kier alpha value is -3.67. The van der Waals surface area contributed by atoms with E-state index in [4.69, 9.17) is 0 Å². The topological polar surface area (TPSA) is 79.5 Å². The van der Waals surface area contributed by atoms with Crippen molar-refractivity contribution in [1.82, 2.24) is 15.0 Å². The number of hydrogen-bond acceptors (Lipinski definition) is 4. The molecule has 0 aliphatic heterocycles. The smallest absolute Gasteiger partial charge is 0.244 e. The average molecular weight is 372 g/mol. The van der Waals surface area contributed by atoms with E-state index in [2.05, 4.69) is 15.5 Å². The summed E-state index contributed by atoms with van der Waals surface area (Å²) in [5.74, 6) is -0.376. The minimum absolute atomic E-state index is 0.120. The molecule has 0 aliphatic carbocycles. The van der Waals surface area contributed by atoms with Gasteiger partial charge in [-0.25, -0.2) is 10.4 Å². The second kappa shape index (κ2) is 7.52. The van der Waals surface area contributed by atoms with E-state index in [1.54, 1.807) is 12.4 Å². The summed E-state index contributed by atoms with van der Waals surface area (Å²) in [6.45, 7) is 2.34. The van der Waals surface area contributed by atoms with Crippen molar-refractivity contribution in [2.24, 2.45) is 11.0 Å². The molecule has 0 fully saturated rings. The lowest BCUT2D eigenvalue weighted by Gasteiger charge is -2.11. The van der Waals surface area contributed by atoms with Gasteiger partial charge in [0.2, 0.25) is 5.91 Å². The molecule has 0 spiro atoms. The van der Waals surface area contributed by atoms with Gasteiger partial charge < -0.3 is 9.67 Å². The number of carbonyl (C=O) groups excluding carboxylic acids is 1. The number of hydrogen-bond donors (Lipinski definition) is 2. The highest BCUT2D eigenvalue weighted by molar-refractivity contribution is 6.02. The number of nitrogens with one attached hydrogen (secondary N) is 1. The number of phenols is 1. The lowest BCUT2D eigenvalue weighted by molar-refractivity contribution is -0.124. The van der Waals surface area contributed by atoms with E-state index in [-0.39, 0.29) is 17.6 Å². The van der Waals surface area contributed by atoms with E-state index in [1.807, 2.05) is 66.1 Å². The van der Waals surface area contributed by atoms with Crippen LogP contribution in [-0.2, 0) is 11.3 Å². The van der Waals surface area contributed by atoms with E-state index in [0.717, 1.165) is 21.8 Å². The summed E-state index contributed by atoms with van der Waals surface area (Å²) in [5.41, 5.74) is 5.04. The molecule has 6 nitrogen and oxygen atoms in total. The van der Waals surface area contributed by atoms with Crippen LogP contribution >= 0.6 is 0 Å². The molecule has 4 aromatic rings. The molecule has 0 bridgehead atoms. The fraction of sp³-hybridized carbons (Fsp3) is 0.136. The molecule has 140 valence electrons. The number of nitrogens with zero attached hydrogens (tertiary/aromatic N) is 3. The Morgan fingerprint density at radius 3 is 2.86 bits per heavy atom. The second-order valence-corrected chi connectivity index (χ2v) is 6.74. The molecule has 0 aliphatic rings. The third kappa shape index (κ3) is 3.44. The van der Waals surface area contributed by atoms with Crippen LogP contribution in [-0.4, -0.2) is 26.8 Å². The van der Waals surface area contributed by atoms with Gasteiger partial charge in [0, 0.05) is 12.1 Å². The fourth-order valence-electron chi connectivity index (χ4n) is 3.22. The summed E-state index contributed by atoms with van der Waals surface area (Å²) in [4.78, 5) is 16.8. The number of para-hydroxylation sites is 2. The molecule has 0 radical (unpaired) electrons. The fourth-order valence-corrected chi connectivity index (χ4v) is 3.22. The van der Waals surface area contributed by atoms with Crippen molar-refractivity contribution in [3.8, 4) is 5.75 Å². The molecule has 4 rings (SSSR count). The van der Waals surface area contributed by atoms with Gasteiger partial charge in [-0.1, -0.05) is 49.4 Å². The molecule has 6 heteroatoms. The zero-order chi connectivity index (χ0) is 19.5. The molecule has 1 aromatic heterocycles. The van der Waals surface area contributed by atoms with Crippen molar-refractivity contribution in [2.75, 3.05) is 0 Å². The number of benzene rings is 3. The molecule has 0 saturated carbocycles. The quantitative estimate of drug-likeness (QED) is 0.414. The lowest BCUT2D eigenvalue weighted by Crippen LogP contribution is -2.28. The molecule has 1 heterocycles. The Labute approximate surface area is 162 Å². The van der Waals surface area contributed by atoms with Crippen molar-refractivity contribution < 1.29 is 9.90 Å². The number of rotatable bonds is 5. The molecule has 0 saturated heterocycles. The van der Waals surface area contributed by atoms with Crippen LogP contribution in [0.25, 0.3) is 21.8 Å². The number of fused-ring (bicyclic) bond motifs is 2. The molecule has 1 atom stereocenters. The maximum Gasteiger partial charge on any atom is 0.244 e. The first-order valence-electron chi connectivity index (χ1n) is 9.07. The number of imidazole rings is 1. The summed E-state index contributed by atoms with van der Waals surface area (Å²) in [6.07, 6.45) is 3.22. The third-order valence-corrected chi connectivity index (χ3v) is 4.76. The number of hydrazone groups is 1. The van der Waals surface area contributed by atoms with Gasteiger partial charge in [-0.3, -0.25) is 4.79 Å². The molecular formula is C22H20N4O2. The first-order valence-corrected chi connectivity index (χ1v) is 9.07. The minimum Gasteiger partial charge on any atom is -0.507 e. The van der Waals surface area contributed by atoms with Gasteiger partial charge >= 0.3 is 0 Å². The first-order chi connectivity index (χ1) is 13.6. The Kier molecular flexibility index (Phi) is 4.76.